The summed E-state index contributed by atoms with van der Waals surface area (Å²) in [5, 5.41) is 22.9. The van der Waals surface area contributed by atoms with E-state index in [9.17, 15) is 25.0 Å². The molecule has 9 nitrogen and oxygen atoms in total. The molecule has 0 saturated carbocycles. The van der Waals surface area contributed by atoms with Gasteiger partial charge < -0.3 is 14.8 Å². The molecule has 0 unspecified atom stereocenters. The van der Waals surface area contributed by atoms with Crippen LogP contribution in [0.2, 0.25) is 5.02 Å². The monoisotopic (exact) mass is 477 g/mol. The molecule has 1 amide bonds. The van der Waals surface area contributed by atoms with E-state index in [4.69, 9.17) is 21.1 Å². The minimum Gasteiger partial charge on any atom is -0.493 e. The molecular weight excluding hydrogens is 462 g/mol. The first-order chi connectivity index (χ1) is 16.3. The van der Waals surface area contributed by atoms with Crippen LogP contribution in [0.5, 0.6) is 11.5 Å². The lowest BCUT2D eigenvalue weighted by atomic mass is 10.1. The number of non-ortho nitro benzene ring substituents is 1. The number of halogens is 1. The molecule has 170 valence electrons. The molecule has 0 aliphatic heterocycles. The highest BCUT2D eigenvalue weighted by molar-refractivity contribution is 6.34. The smallest absolute Gasteiger partial charge is 0.343 e. The summed E-state index contributed by atoms with van der Waals surface area (Å²) in [6, 6.07) is 18.2. The number of nitro benzene ring substituents is 1. The van der Waals surface area contributed by atoms with Gasteiger partial charge in [0.1, 0.15) is 11.6 Å². The molecule has 0 heterocycles. The van der Waals surface area contributed by atoms with Gasteiger partial charge in [0.05, 0.1) is 28.3 Å². The quantitative estimate of drug-likeness (QED) is 0.126. The van der Waals surface area contributed by atoms with Crippen LogP contribution in [0, 0.1) is 21.4 Å². The number of nitriles is 1. The first-order valence-corrected chi connectivity index (χ1v) is 10.0. The number of anilines is 1. The van der Waals surface area contributed by atoms with Crippen LogP contribution in [0.15, 0.2) is 72.3 Å². The lowest BCUT2D eigenvalue weighted by molar-refractivity contribution is -0.384. The molecule has 3 rings (SSSR count). The summed E-state index contributed by atoms with van der Waals surface area (Å²) in [4.78, 5) is 35.2. The molecule has 0 fully saturated rings. The SMILES string of the molecule is COc1cc(/C=C(\C#N)C(=O)Nc2cc([N+](=O)[O-])ccc2Cl)ccc1OC(=O)c1ccccc1. The zero-order valence-corrected chi connectivity index (χ0v) is 18.4. The summed E-state index contributed by atoms with van der Waals surface area (Å²) in [5.41, 5.74) is 0.193. The summed E-state index contributed by atoms with van der Waals surface area (Å²) in [5.74, 6) is -1.03. The second-order valence-corrected chi connectivity index (χ2v) is 7.12. The molecule has 3 aromatic carbocycles. The lowest BCUT2D eigenvalue weighted by Gasteiger charge is -2.10. The summed E-state index contributed by atoms with van der Waals surface area (Å²) in [6.45, 7) is 0. The number of hydrogen-bond donors (Lipinski definition) is 1. The number of ether oxygens (including phenoxy) is 2. The fourth-order valence-corrected chi connectivity index (χ4v) is 2.98. The van der Waals surface area contributed by atoms with Gasteiger partial charge in [-0.1, -0.05) is 35.9 Å². The van der Waals surface area contributed by atoms with Crippen LogP contribution in [0.1, 0.15) is 15.9 Å². The van der Waals surface area contributed by atoms with E-state index in [2.05, 4.69) is 5.32 Å². The summed E-state index contributed by atoms with van der Waals surface area (Å²) < 4.78 is 10.7. The zero-order chi connectivity index (χ0) is 24.7. The molecule has 0 aliphatic rings. The Bertz CT molecular complexity index is 1330. The van der Waals surface area contributed by atoms with Crippen molar-refractivity contribution in [3.8, 4) is 17.6 Å². The van der Waals surface area contributed by atoms with Crippen molar-refractivity contribution in [2.24, 2.45) is 0 Å². The molecule has 0 aromatic heterocycles. The van der Waals surface area contributed by atoms with Crippen molar-refractivity contribution in [3.63, 3.8) is 0 Å². The van der Waals surface area contributed by atoms with Crippen LogP contribution < -0.4 is 14.8 Å². The molecule has 0 atom stereocenters. The summed E-state index contributed by atoms with van der Waals surface area (Å²) in [7, 11) is 1.38. The van der Waals surface area contributed by atoms with Crippen molar-refractivity contribution < 1.29 is 24.0 Å². The van der Waals surface area contributed by atoms with Crippen molar-refractivity contribution in [2.45, 2.75) is 0 Å². The van der Waals surface area contributed by atoms with Crippen LogP contribution in [0.4, 0.5) is 11.4 Å². The molecule has 34 heavy (non-hydrogen) atoms. The topological polar surface area (TPSA) is 132 Å². The second-order valence-electron chi connectivity index (χ2n) is 6.71. The zero-order valence-electron chi connectivity index (χ0n) is 17.7. The minimum absolute atomic E-state index is 0.0113. The highest BCUT2D eigenvalue weighted by Gasteiger charge is 2.16. The Morgan fingerprint density at radius 2 is 1.82 bits per heavy atom. The van der Waals surface area contributed by atoms with E-state index in [0.717, 1.165) is 6.07 Å². The maximum atomic E-state index is 12.6. The standard InChI is InChI=1S/C24H16ClN3O6/c1-33-22-12-15(7-10-21(22)34-24(30)16-5-3-2-4-6-16)11-17(14-26)23(29)27-20-13-18(28(31)32)8-9-19(20)25/h2-13H,1H3,(H,27,29)/b17-11+. The van der Waals surface area contributed by atoms with Crippen molar-refractivity contribution in [3.05, 3.63) is 98.6 Å². The van der Waals surface area contributed by atoms with E-state index < -0.39 is 16.8 Å². The van der Waals surface area contributed by atoms with Gasteiger partial charge in [-0.3, -0.25) is 14.9 Å². The van der Waals surface area contributed by atoms with Crippen LogP contribution in [-0.2, 0) is 4.79 Å². The first kappa shape index (κ1) is 24.0. The fraction of sp³-hybridized carbons (Fsp3) is 0.0417. The Hall–Kier alpha value is -4.68. The van der Waals surface area contributed by atoms with E-state index in [1.54, 1.807) is 36.4 Å². The van der Waals surface area contributed by atoms with E-state index in [1.165, 1.54) is 43.5 Å². The number of nitro groups is 1. The molecule has 3 aromatic rings. The third-order valence-electron chi connectivity index (χ3n) is 4.48. The lowest BCUT2D eigenvalue weighted by Crippen LogP contribution is -2.14. The maximum absolute atomic E-state index is 12.6. The molecule has 10 heteroatoms. The van der Waals surface area contributed by atoms with Gasteiger partial charge in [-0.2, -0.15) is 5.26 Å². The van der Waals surface area contributed by atoms with Crippen molar-refractivity contribution in [1.29, 1.82) is 5.26 Å². The molecule has 0 radical (unpaired) electrons. The number of nitrogens with zero attached hydrogens (tertiary/aromatic N) is 2. The van der Waals surface area contributed by atoms with Gasteiger partial charge in [0.15, 0.2) is 11.5 Å². The van der Waals surface area contributed by atoms with Gasteiger partial charge in [-0.15, -0.1) is 0 Å². The minimum atomic E-state index is -0.816. The van der Waals surface area contributed by atoms with E-state index in [1.807, 2.05) is 0 Å². The van der Waals surface area contributed by atoms with Crippen molar-refractivity contribution in [2.75, 3.05) is 12.4 Å². The number of methoxy groups -OCH3 is 1. The van der Waals surface area contributed by atoms with Gasteiger partial charge >= 0.3 is 5.97 Å². The third-order valence-corrected chi connectivity index (χ3v) is 4.81. The maximum Gasteiger partial charge on any atom is 0.343 e. The third kappa shape index (κ3) is 5.76. The number of amides is 1. The number of nitrogens with one attached hydrogen (secondary N) is 1. The number of rotatable bonds is 7. The molecule has 0 bridgehead atoms. The Morgan fingerprint density at radius 3 is 2.47 bits per heavy atom. The molecule has 0 spiro atoms. The van der Waals surface area contributed by atoms with E-state index >= 15 is 0 Å². The van der Waals surface area contributed by atoms with Crippen LogP contribution in [-0.4, -0.2) is 23.9 Å². The summed E-state index contributed by atoms with van der Waals surface area (Å²) >= 11 is 6.00. The number of carbonyl (C=O) groups excluding carboxylic acids is 2. The predicted octanol–water partition coefficient (Wildman–Crippen LogP) is 5.02. The number of hydrogen-bond acceptors (Lipinski definition) is 7. The Balaban J connectivity index is 1.82. The highest BCUT2D eigenvalue weighted by Crippen LogP contribution is 2.30. The number of carbonyl (C=O) groups is 2. The average Bonchev–Trinajstić information content (AvgIpc) is 2.84. The summed E-state index contributed by atoms with van der Waals surface area (Å²) in [6.07, 6.45) is 1.28. The molecule has 0 saturated heterocycles. The van der Waals surface area contributed by atoms with Gasteiger partial charge in [-0.05, 0) is 42.0 Å². The van der Waals surface area contributed by atoms with Gasteiger partial charge in [-0.25, -0.2) is 4.79 Å². The largest absolute Gasteiger partial charge is 0.493 e. The normalized spacial score (nSPS) is 10.7. The number of benzene rings is 3. The van der Waals surface area contributed by atoms with Crippen molar-refractivity contribution in [1.82, 2.24) is 0 Å². The van der Waals surface area contributed by atoms with Crippen LogP contribution in [0.25, 0.3) is 6.08 Å². The second kappa shape index (κ2) is 10.8. The van der Waals surface area contributed by atoms with Crippen LogP contribution >= 0.6 is 11.6 Å². The van der Waals surface area contributed by atoms with E-state index in [-0.39, 0.29) is 33.5 Å². The first-order valence-electron chi connectivity index (χ1n) is 9.64. The van der Waals surface area contributed by atoms with Gasteiger partial charge in [0.2, 0.25) is 0 Å². The number of esters is 1. The van der Waals surface area contributed by atoms with E-state index in [0.29, 0.717) is 11.1 Å². The fourth-order valence-electron chi connectivity index (χ4n) is 2.82. The Morgan fingerprint density at radius 1 is 1.09 bits per heavy atom. The highest BCUT2D eigenvalue weighted by atomic mass is 35.5. The van der Waals surface area contributed by atoms with Crippen molar-refractivity contribution >= 4 is 40.9 Å². The average molecular weight is 478 g/mol. The van der Waals surface area contributed by atoms with Gasteiger partial charge in [0.25, 0.3) is 11.6 Å². The van der Waals surface area contributed by atoms with Gasteiger partial charge in [0, 0.05) is 12.1 Å². The predicted molar refractivity (Wildman–Crippen MR) is 125 cm³/mol. The van der Waals surface area contributed by atoms with Crippen LogP contribution in [0.3, 0.4) is 0 Å². The molecular formula is C24H16ClN3O6. The Kier molecular flexibility index (Phi) is 7.59. The Labute approximate surface area is 198 Å². The molecule has 1 N–H and O–H groups in total. The molecule has 0 aliphatic carbocycles.